The summed E-state index contributed by atoms with van der Waals surface area (Å²) in [6.45, 7) is 1.88. The average molecular weight is 371 g/mol. The molecule has 1 atom stereocenters. The predicted molar refractivity (Wildman–Crippen MR) is 103 cm³/mol. The van der Waals surface area contributed by atoms with Crippen molar-refractivity contribution in [2.24, 2.45) is 0 Å². The van der Waals surface area contributed by atoms with Crippen molar-refractivity contribution < 1.29 is 9.59 Å². The number of para-hydroxylation sites is 2. The second kappa shape index (κ2) is 6.17. The van der Waals surface area contributed by atoms with Crippen molar-refractivity contribution in [3.05, 3.63) is 58.4 Å². The van der Waals surface area contributed by atoms with E-state index in [0.717, 1.165) is 10.1 Å². The number of hydrogen-bond donors (Lipinski definition) is 1. The zero-order valence-electron chi connectivity index (χ0n) is 13.5. The number of hydrogen-bond acceptors (Lipinski definition) is 3. The number of nitrogens with zero attached hydrogens (tertiary/aromatic N) is 1. The Morgan fingerprint density at radius 2 is 1.92 bits per heavy atom. The number of fused-ring (bicyclic) bond motifs is 2. The Morgan fingerprint density at radius 3 is 2.72 bits per heavy atom. The summed E-state index contributed by atoms with van der Waals surface area (Å²) in [7, 11) is 0. The summed E-state index contributed by atoms with van der Waals surface area (Å²) in [6, 6.07) is 14.8. The summed E-state index contributed by atoms with van der Waals surface area (Å²) < 4.78 is 0.973. The van der Waals surface area contributed by atoms with Gasteiger partial charge in [-0.05, 0) is 25.1 Å². The van der Waals surface area contributed by atoms with Crippen molar-refractivity contribution in [2.45, 2.75) is 19.4 Å². The van der Waals surface area contributed by atoms with Gasteiger partial charge in [0.15, 0.2) is 0 Å². The fraction of sp³-hybridized carbons (Fsp3) is 0.158. The van der Waals surface area contributed by atoms with Gasteiger partial charge in [0, 0.05) is 22.5 Å². The Bertz CT molecular complexity index is 998. The number of amides is 2. The Labute approximate surface area is 154 Å². The Balaban J connectivity index is 1.85. The first-order valence-electron chi connectivity index (χ1n) is 7.95. The van der Waals surface area contributed by atoms with Crippen LogP contribution < -0.4 is 10.2 Å². The van der Waals surface area contributed by atoms with Crippen molar-refractivity contribution in [2.75, 3.05) is 10.2 Å². The van der Waals surface area contributed by atoms with E-state index in [0.29, 0.717) is 21.3 Å². The Kier molecular flexibility index (Phi) is 3.98. The summed E-state index contributed by atoms with van der Waals surface area (Å²) in [5, 5.41) is 4.22. The maximum atomic E-state index is 13.3. The van der Waals surface area contributed by atoms with Crippen LogP contribution >= 0.6 is 22.9 Å². The highest BCUT2D eigenvalue weighted by Crippen LogP contribution is 2.39. The maximum Gasteiger partial charge on any atom is 0.270 e. The van der Waals surface area contributed by atoms with Crippen LogP contribution in [0.1, 0.15) is 23.0 Å². The third-order valence-electron chi connectivity index (χ3n) is 4.31. The maximum absolute atomic E-state index is 13.3. The van der Waals surface area contributed by atoms with Gasteiger partial charge < -0.3 is 10.2 Å². The van der Waals surface area contributed by atoms with E-state index < -0.39 is 0 Å². The van der Waals surface area contributed by atoms with E-state index in [1.165, 1.54) is 11.3 Å². The third kappa shape index (κ3) is 2.69. The first kappa shape index (κ1) is 16.1. The molecule has 0 spiro atoms. The van der Waals surface area contributed by atoms with Crippen molar-refractivity contribution in [1.82, 2.24) is 0 Å². The highest BCUT2D eigenvalue weighted by Gasteiger charge is 2.32. The van der Waals surface area contributed by atoms with E-state index in [-0.39, 0.29) is 24.3 Å². The molecule has 0 bridgehead atoms. The molecule has 4 rings (SSSR count). The average Bonchev–Trinajstić information content (AvgIpc) is 2.86. The molecule has 4 nitrogen and oxygen atoms in total. The fourth-order valence-corrected chi connectivity index (χ4v) is 4.61. The van der Waals surface area contributed by atoms with Crippen LogP contribution in [0.3, 0.4) is 0 Å². The number of rotatable bonds is 1. The minimum absolute atomic E-state index is 0.0994. The first-order chi connectivity index (χ1) is 12.1. The lowest BCUT2D eigenvalue weighted by atomic mass is 10.1. The molecule has 6 heteroatoms. The molecule has 1 N–H and O–H groups in total. The minimum atomic E-state index is -0.266. The molecule has 3 aromatic rings. The Hall–Kier alpha value is -2.37. The molecule has 2 amide bonds. The number of carbonyl (C=O) groups is 2. The lowest BCUT2D eigenvalue weighted by Gasteiger charge is -2.27. The predicted octanol–water partition coefficient (Wildman–Crippen LogP) is 4.93. The van der Waals surface area contributed by atoms with Crippen molar-refractivity contribution in [3.63, 3.8) is 0 Å². The second-order valence-electron chi connectivity index (χ2n) is 6.03. The normalized spacial score (nSPS) is 17.1. The smallest absolute Gasteiger partial charge is 0.270 e. The molecule has 25 heavy (non-hydrogen) atoms. The van der Waals surface area contributed by atoms with Gasteiger partial charge in [0.25, 0.3) is 5.91 Å². The fourth-order valence-electron chi connectivity index (χ4n) is 3.16. The largest absolute Gasteiger partial charge is 0.324 e. The number of carbonyl (C=O) groups excluding carboxylic acids is 2. The molecule has 0 aliphatic carbocycles. The lowest BCUT2D eigenvalue weighted by molar-refractivity contribution is -0.116. The monoisotopic (exact) mass is 370 g/mol. The number of nitrogens with one attached hydrogen (secondary N) is 1. The molecule has 0 saturated carbocycles. The van der Waals surface area contributed by atoms with Crippen molar-refractivity contribution in [1.29, 1.82) is 0 Å². The highest BCUT2D eigenvalue weighted by atomic mass is 35.5. The van der Waals surface area contributed by atoms with Gasteiger partial charge in [-0.25, -0.2) is 0 Å². The molecule has 2 aromatic carbocycles. The molecule has 1 aliphatic heterocycles. The van der Waals surface area contributed by atoms with E-state index in [1.54, 1.807) is 11.0 Å². The minimum Gasteiger partial charge on any atom is -0.324 e. The van der Waals surface area contributed by atoms with E-state index in [2.05, 4.69) is 5.32 Å². The number of thiophene rings is 1. The molecule has 0 saturated heterocycles. The Morgan fingerprint density at radius 1 is 1.20 bits per heavy atom. The summed E-state index contributed by atoms with van der Waals surface area (Å²) in [5.74, 6) is -0.277. The summed E-state index contributed by atoms with van der Waals surface area (Å²) in [6.07, 6.45) is 0.239. The molecule has 126 valence electrons. The molecular weight excluding hydrogens is 356 g/mol. The zero-order chi connectivity index (χ0) is 17.6. The molecule has 2 heterocycles. The zero-order valence-corrected chi connectivity index (χ0v) is 15.0. The molecule has 0 fully saturated rings. The molecule has 0 radical (unpaired) electrons. The van der Waals surface area contributed by atoms with Gasteiger partial charge in [-0.2, -0.15) is 0 Å². The van der Waals surface area contributed by atoms with Crippen LogP contribution in [0.15, 0.2) is 48.5 Å². The quantitative estimate of drug-likeness (QED) is 0.660. The third-order valence-corrected chi connectivity index (χ3v) is 5.97. The van der Waals surface area contributed by atoms with E-state index in [9.17, 15) is 9.59 Å². The van der Waals surface area contributed by atoms with Crippen LogP contribution in [-0.2, 0) is 4.79 Å². The van der Waals surface area contributed by atoms with Crippen LogP contribution in [0.5, 0.6) is 0 Å². The van der Waals surface area contributed by atoms with Crippen LogP contribution in [0.2, 0.25) is 5.02 Å². The van der Waals surface area contributed by atoms with Gasteiger partial charge in [-0.1, -0.05) is 41.9 Å². The second-order valence-corrected chi connectivity index (χ2v) is 7.47. The number of benzene rings is 2. The van der Waals surface area contributed by atoms with E-state index >= 15 is 0 Å². The van der Waals surface area contributed by atoms with Crippen LogP contribution in [0.4, 0.5) is 11.4 Å². The summed E-state index contributed by atoms with van der Waals surface area (Å²) in [4.78, 5) is 27.6. The number of anilines is 2. The molecule has 0 unspecified atom stereocenters. The van der Waals surface area contributed by atoms with E-state index in [1.807, 2.05) is 49.4 Å². The van der Waals surface area contributed by atoms with E-state index in [4.69, 9.17) is 11.6 Å². The molecule has 1 aromatic heterocycles. The number of halogens is 1. The van der Waals surface area contributed by atoms with Gasteiger partial charge in [0.2, 0.25) is 5.91 Å². The van der Waals surface area contributed by atoms with Crippen LogP contribution in [-0.4, -0.2) is 17.9 Å². The lowest BCUT2D eigenvalue weighted by Crippen LogP contribution is -2.38. The van der Waals surface area contributed by atoms with Crippen molar-refractivity contribution in [3.8, 4) is 0 Å². The standard InChI is InChI=1S/C19H15ClN2O2S/c1-11-10-16(23)21-13-7-3-4-8-14(13)22(11)19(24)18-17(20)12-6-2-5-9-15(12)25-18/h2-9,11H,10H2,1H3,(H,21,23)/t11-/m1/s1. The first-order valence-corrected chi connectivity index (χ1v) is 9.15. The summed E-state index contributed by atoms with van der Waals surface area (Å²) >= 11 is 7.88. The topological polar surface area (TPSA) is 49.4 Å². The highest BCUT2D eigenvalue weighted by molar-refractivity contribution is 7.21. The van der Waals surface area contributed by atoms with Crippen molar-refractivity contribution >= 4 is 56.2 Å². The van der Waals surface area contributed by atoms with Gasteiger partial charge in [0.1, 0.15) is 4.88 Å². The van der Waals surface area contributed by atoms with Gasteiger partial charge in [-0.15, -0.1) is 11.3 Å². The van der Waals surface area contributed by atoms with Gasteiger partial charge in [-0.3, -0.25) is 9.59 Å². The van der Waals surface area contributed by atoms with Gasteiger partial charge >= 0.3 is 0 Å². The van der Waals surface area contributed by atoms with Crippen LogP contribution in [0, 0.1) is 0 Å². The molecule has 1 aliphatic rings. The SMILES string of the molecule is C[C@@H]1CC(=O)Nc2ccccc2N1C(=O)c1sc2ccccc2c1Cl. The van der Waals surface area contributed by atoms with Gasteiger partial charge in [0.05, 0.1) is 16.4 Å². The molecular formula is C19H15ClN2O2S. The summed E-state index contributed by atoms with van der Waals surface area (Å²) in [5.41, 5.74) is 1.34. The van der Waals surface area contributed by atoms with Crippen LogP contribution in [0.25, 0.3) is 10.1 Å².